The number of hydrogen-bond donors (Lipinski definition) is 3. The normalized spacial score (nSPS) is 17.6. The number of fused-ring (bicyclic) bond motifs is 1. The minimum atomic E-state index is -0.166. The first-order valence-electron chi connectivity index (χ1n) is 13.0. The molecular formula is C27H33N11O. The maximum Gasteiger partial charge on any atom is 0.252 e. The van der Waals surface area contributed by atoms with Crippen LogP contribution in [-0.2, 0) is 7.05 Å². The summed E-state index contributed by atoms with van der Waals surface area (Å²) in [4.78, 5) is 36.8. The van der Waals surface area contributed by atoms with E-state index in [0.717, 1.165) is 24.0 Å². The molecule has 0 spiro atoms. The van der Waals surface area contributed by atoms with Crippen LogP contribution in [0.25, 0.3) is 11.0 Å². The van der Waals surface area contributed by atoms with E-state index in [0.29, 0.717) is 53.0 Å². The van der Waals surface area contributed by atoms with Crippen molar-refractivity contribution in [3.05, 3.63) is 61.1 Å². The van der Waals surface area contributed by atoms with Crippen LogP contribution >= 0.6 is 0 Å². The Kier molecular flexibility index (Phi) is 7.73. The Morgan fingerprint density at radius 2 is 1.97 bits per heavy atom. The molecule has 39 heavy (non-hydrogen) atoms. The number of anilines is 4. The Morgan fingerprint density at radius 1 is 1.15 bits per heavy atom. The summed E-state index contributed by atoms with van der Waals surface area (Å²) in [5.74, 6) is 0.806. The lowest BCUT2D eigenvalue weighted by molar-refractivity contribution is 0.0917. The molecule has 12 heteroatoms. The van der Waals surface area contributed by atoms with E-state index in [1.807, 2.05) is 20.0 Å². The SMILES string of the molecule is C=C[C@@H]1CCC[C@H](C)N1CCNC(=O)c1cnc(C)c(Nc2nn(C)c3nc(Nc4cncnc4)ncc23)c1. The molecule has 1 fully saturated rings. The van der Waals surface area contributed by atoms with Crippen molar-refractivity contribution in [3.8, 4) is 0 Å². The molecule has 5 heterocycles. The lowest BCUT2D eigenvalue weighted by Gasteiger charge is -2.39. The van der Waals surface area contributed by atoms with Crippen LogP contribution in [0.2, 0.25) is 0 Å². The van der Waals surface area contributed by atoms with E-state index in [1.165, 1.54) is 19.2 Å². The van der Waals surface area contributed by atoms with E-state index in [2.05, 4.69) is 64.4 Å². The number of aromatic nitrogens is 7. The molecule has 0 saturated carbocycles. The summed E-state index contributed by atoms with van der Waals surface area (Å²) in [5.41, 5.74) is 3.21. The highest BCUT2D eigenvalue weighted by Crippen LogP contribution is 2.27. The van der Waals surface area contributed by atoms with Gasteiger partial charge in [-0.15, -0.1) is 6.58 Å². The molecule has 0 bridgehead atoms. The second kappa shape index (κ2) is 11.5. The van der Waals surface area contributed by atoms with Gasteiger partial charge < -0.3 is 16.0 Å². The zero-order chi connectivity index (χ0) is 27.4. The number of carbonyl (C=O) groups is 1. The summed E-state index contributed by atoms with van der Waals surface area (Å²) in [5, 5.41) is 14.8. The van der Waals surface area contributed by atoms with Crippen molar-refractivity contribution in [1.29, 1.82) is 0 Å². The molecule has 12 nitrogen and oxygen atoms in total. The van der Waals surface area contributed by atoms with Crippen molar-refractivity contribution < 1.29 is 4.79 Å². The molecule has 2 atom stereocenters. The van der Waals surface area contributed by atoms with Gasteiger partial charge in [0.05, 0.1) is 40.4 Å². The summed E-state index contributed by atoms with van der Waals surface area (Å²) in [6.07, 6.45) is 13.5. The molecule has 1 amide bonds. The Hall–Kier alpha value is -4.45. The molecule has 1 aliphatic rings. The van der Waals surface area contributed by atoms with Gasteiger partial charge in [-0.25, -0.2) is 19.6 Å². The minimum absolute atomic E-state index is 0.166. The third-order valence-corrected chi connectivity index (χ3v) is 7.04. The maximum absolute atomic E-state index is 13.0. The number of hydrogen-bond acceptors (Lipinski definition) is 10. The van der Waals surface area contributed by atoms with E-state index >= 15 is 0 Å². The fourth-order valence-electron chi connectivity index (χ4n) is 4.92. The molecule has 202 valence electrons. The lowest BCUT2D eigenvalue weighted by Crippen LogP contribution is -2.47. The Balaban J connectivity index is 1.27. The van der Waals surface area contributed by atoms with E-state index in [-0.39, 0.29) is 5.91 Å². The van der Waals surface area contributed by atoms with Crippen LogP contribution < -0.4 is 16.0 Å². The number of pyridine rings is 1. The number of rotatable bonds is 9. The standard InChI is InChI=1S/C27H33N11O/c1-5-21-8-6-7-17(2)38(21)10-9-30-26(39)19-11-23(18(3)31-12-19)34-24-22-15-32-27(35-25(22)37(4)36-24)33-20-13-28-16-29-14-20/h5,11-17,21H,1,6-10H2,2-4H3,(H,30,39)(H,34,36)(H,32,33,35)/t17-,21+/m0/s1. The second-order valence-corrected chi connectivity index (χ2v) is 9.71. The largest absolute Gasteiger partial charge is 0.351 e. The number of amides is 1. The summed E-state index contributed by atoms with van der Waals surface area (Å²) >= 11 is 0. The predicted molar refractivity (Wildman–Crippen MR) is 150 cm³/mol. The van der Waals surface area contributed by atoms with Crippen LogP contribution in [0, 0.1) is 6.92 Å². The molecule has 1 aliphatic heterocycles. The topological polar surface area (TPSA) is 139 Å². The van der Waals surface area contributed by atoms with Gasteiger partial charge in [0.15, 0.2) is 11.5 Å². The number of carbonyl (C=O) groups excluding carboxylic acids is 1. The fraction of sp³-hybridized carbons (Fsp3) is 0.370. The minimum Gasteiger partial charge on any atom is -0.351 e. The Bertz CT molecular complexity index is 1470. The molecule has 5 rings (SSSR count). The van der Waals surface area contributed by atoms with Gasteiger partial charge in [0.1, 0.15) is 6.33 Å². The summed E-state index contributed by atoms with van der Waals surface area (Å²) in [6.45, 7) is 9.44. The smallest absolute Gasteiger partial charge is 0.252 e. The quantitative estimate of drug-likeness (QED) is 0.277. The van der Waals surface area contributed by atoms with Gasteiger partial charge in [-0.2, -0.15) is 10.1 Å². The van der Waals surface area contributed by atoms with E-state index in [9.17, 15) is 4.79 Å². The van der Waals surface area contributed by atoms with Crippen LogP contribution in [0.1, 0.15) is 42.2 Å². The monoisotopic (exact) mass is 527 g/mol. The van der Waals surface area contributed by atoms with Crippen molar-refractivity contribution >= 4 is 40.1 Å². The molecule has 0 aliphatic carbocycles. The number of aryl methyl sites for hydroxylation is 2. The van der Waals surface area contributed by atoms with Gasteiger partial charge in [0.25, 0.3) is 5.91 Å². The summed E-state index contributed by atoms with van der Waals surface area (Å²) < 4.78 is 1.67. The lowest BCUT2D eigenvalue weighted by atomic mass is 9.96. The average Bonchev–Trinajstić information content (AvgIpc) is 3.25. The highest BCUT2D eigenvalue weighted by Gasteiger charge is 2.25. The first kappa shape index (κ1) is 26.2. The molecular weight excluding hydrogens is 494 g/mol. The number of piperidine rings is 1. The van der Waals surface area contributed by atoms with Crippen LogP contribution in [0.5, 0.6) is 0 Å². The fourth-order valence-corrected chi connectivity index (χ4v) is 4.92. The maximum atomic E-state index is 13.0. The van der Waals surface area contributed by atoms with Crippen molar-refractivity contribution in [1.82, 2.24) is 44.9 Å². The Labute approximate surface area is 227 Å². The molecule has 0 unspecified atom stereocenters. The first-order chi connectivity index (χ1) is 18.9. The van der Waals surface area contributed by atoms with Gasteiger partial charge in [0, 0.05) is 44.6 Å². The number of nitrogens with one attached hydrogen (secondary N) is 3. The van der Waals surface area contributed by atoms with E-state index < -0.39 is 0 Å². The third kappa shape index (κ3) is 5.85. The highest BCUT2D eigenvalue weighted by molar-refractivity contribution is 5.96. The van der Waals surface area contributed by atoms with Crippen molar-refractivity contribution in [2.45, 2.75) is 45.2 Å². The van der Waals surface area contributed by atoms with Crippen LogP contribution in [0.3, 0.4) is 0 Å². The molecule has 4 aromatic rings. The van der Waals surface area contributed by atoms with Gasteiger partial charge in [-0.1, -0.05) is 12.5 Å². The van der Waals surface area contributed by atoms with Crippen molar-refractivity contribution in [3.63, 3.8) is 0 Å². The Morgan fingerprint density at radius 3 is 2.77 bits per heavy atom. The number of likely N-dealkylation sites (tertiary alicyclic amines) is 1. The second-order valence-electron chi connectivity index (χ2n) is 9.71. The molecule has 0 aromatic carbocycles. The van der Waals surface area contributed by atoms with E-state index in [1.54, 1.807) is 35.5 Å². The highest BCUT2D eigenvalue weighted by atomic mass is 16.1. The summed E-state index contributed by atoms with van der Waals surface area (Å²) in [7, 11) is 1.81. The van der Waals surface area contributed by atoms with Gasteiger partial charge in [0.2, 0.25) is 5.95 Å². The van der Waals surface area contributed by atoms with Crippen LogP contribution in [-0.4, -0.2) is 70.7 Å². The van der Waals surface area contributed by atoms with Crippen LogP contribution in [0.4, 0.5) is 23.1 Å². The van der Waals surface area contributed by atoms with E-state index in [4.69, 9.17) is 0 Å². The zero-order valence-corrected chi connectivity index (χ0v) is 22.4. The van der Waals surface area contributed by atoms with Gasteiger partial charge in [-0.05, 0) is 32.8 Å². The number of nitrogens with zero attached hydrogens (tertiary/aromatic N) is 8. The molecule has 1 saturated heterocycles. The molecule has 3 N–H and O–H groups in total. The van der Waals surface area contributed by atoms with Crippen LogP contribution in [0.15, 0.2) is 49.8 Å². The van der Waals surface area contributed by atoms with Crippen molar-refractivity contribution in [2.24, 2.45) is 7.05 Å². The predicted octanol–water partition coefficient (Wildman–Crippen LogP) is 3.50. The van der Waals surface area contributed by atoms with Crippen molar-refractivity contribution in [2.75, 3.05) is 23.7 Å². The summed E-state index contributed by atoms with van der Waals surface area (Å²) in [6, 6.07) is 2.63. The van der Waals surface area contributed by atoms with Gasteiger partial charge in [-0.3, -0.25) is 14.7 Å². The first-order valence-corrected chi connectivity index (χ1v) is 13.0. The zero-order valence-electron chi connectivity index (χ0n) is 22.4. The molecule has 0 radical (unpaired) electrons. The average molecular weight is 528 g/mol. The molecule has 4 aromatic heterocycles. The third-order valence-electron chi connectivity index (χ3n) is 7.04. The van der Waals surface area contributed by atoms with Gasteiger partial charge >= 0.3 is 0 Å².